The lowest BCUT2D eigenvalue weighted by Crippen LogP contribution is -2.61. The van der Waals surface area contributed by atoms with Gasteiger partial charge in [0.25, 0.3) is 0 Å². The van der Waals surface area contributed by atoms with E-state index < -0.39 is 53.3 Å². The second-order valence-corrected chi connectivity index (χ2v) is 5.56. The molecule has 0 aromatic carbocycles. The van der Waals surface area contributed by atoms with E-state index in [1.54, 1.807) is 0 Å². The average Bonchev–Trinajstić information content (AvgIpc) is 2.43. The van der Waals surface area contributed by atoms with Crippen molar-refractivity contribution < 1.29 is 42.9 Å². The summed E-state index contributed by atoms with van der Waals surface area (Å²) >= 11 is 3.11. The van der Waals surface area contributed by atoms with Crippen LogP contribution in [0.5, 0.6) is 0 Å². The summed E-state index contributed by atoms with van der Waals surface area (Å²) in [5.41, 5.74) is 0. The Hall–Kier alpha value is -1.68. The topological polar surface area (TPSA) is 114 Å². The molecule has 0 spiro atoms. The van der Waals surface area contributed by atoms with Crippen molar-refractivity contribution in [1.29, 1.82) is 0 Å². The van der Waals surface area contributed by atoms with Gasteiger partial charge in [-0.05, 0) is 0 Å². The van der Waals surface area contributed by atoms with Gasteiger partial charge in [0.2, 0.25) is 0 Å². The zero-order valence-electron chi connectivity index (χ0n) is 12.9. The lowest BCUT2D eigenvalue weighted by molar-refractivity contribution is -0.234. The third-order valence-electron chi connectivity index (χ3n) is 2.82. The van der Waals surface area contributed by atoms with Gasteiger partial charge in [0.1, 0.15) is 0 Å². The number of esters is 4. The van der Waals surface area contributed by atoms with Gasteiger partial charge in [-0.2, -0.15) is 0 Å². The molecular formula is C13H17BrO9. The van der Waals surface area contributed by atoms with Crippen molar-refractivity contribution in [3.8, 4) is 0 Å². The summed E-state index contributed by atoms with van der Waals surface area (Å²) < 4.78 is 25.2. The third-order valence-corrected chi connectivity index (χ3v) is 3.56. The zero-order valence-corrected chi connectivity index (χ0v) is 14.5. The largest absolute Gasteiger partial charge is 0.467 e. The number of carbonyl (C=O) groups is 4. The summed E-state index contributed by atoms with van der Waals surface area (Å²) in [6, 6.07) is 0. The van der Waals surface area contributed by atoms with Crippen LogP contribution in [-0.2, 0) is 42.9 Å². The maximum atomic E-state index is 11.9. The van der Waals surface area contributed by atoms with Crippen molar-refractivity contribution >= 4 is 39.8 Å². The summed E-state index contributed by atoms with van der Waals surface area (Å²) in [5, 5.41) is -0.980. The van der Waals surface area contributed by atoms with Crippen LogP contribution < -0.4 is 0 Å². The lowest BCUT2D eigenvalue weighted by atomic mass is 9.99. The molecule has 0 aliphatic carbocycles. The first-order chi connectivity index (χ1) is 10.7. The minimum atomic E-state index is -1.36. The fourth-order valence-corrected chi connectivity index (χ4v) is 2.71. The average molecular weight is 397 g/mol. The quantitative estimate of drug-likeness (QED) is 0.369. The van der Waals surface area contributed by atoms with Crippen LogP contribution >= 0.6 is 15.9 Å². The highest BCUT2D eigenvalue weighted by Gasteiger charge is 2.53. The van der Waals surface area contributed by atoms with E-state index in [0.717, 1.165) is 27.9 Å². The molecule has 0 amide bonds. The molecule has 2 unspecified atom stereocenters. The molecule has 1 aliphatic heterocycles. The Bertz CT molecular complexity index is 492. The van der Waals surface area contributed by atoms with Gasteiger partial charge in [0, 0.05) is 20.8 Å². The molecular weight excluding hydrogens is 380 g/mol. The van der Waals surface area contributed by atoms with Crippen LogP contribution in [-0.4, -0.2) is 60.4 Å². The van der Waals surface area contributed by atoms with Gasteiger partial charge < -0.3 is 23.7 Å². The third kappa shape index (κ3) is 5.17. The van der Waals surface area contributed by atoms with Crippen LogP contribution in [0.15, 0.2) is 0 Å². The number of alkyl halides is 1. The van der Waals surface area contributed by atoms with Gasteiger partial charge in [-0.15, -0.1) is 0 Å². The molecule has 9 nitrogen and oxygen atoms in total. The van der Waals surface area contributed by atoms with Gasteiger partial charge in [-0.1, -0.05) is 15.9 Å². The minimum absolute atomic E-state index is 0.668. The number of methoxy groups -OCH3 is 1. The zero-order chi connectivity index (χ0) is 17.7. The number of hydrogen-bond acceptors (Lipinski definition) is 9. The van der Waals surface area contributed by atoms with E-state index in [-0.39, 0.29) is 0 Å². The molecule has 23 heavy (non-hydrogen) atoms. The molecule has 5 atom stereocenters. The molecule has 1 saturated heterocycles. The van der Waals surface area contributed by atoms with E-state index in [2.05, 4.69) is 20.7 Å². The van der Waals surface area contributed by atoms with Gasteiger partial charge in [-0.3, -0.25) is 14.4 Å². The van der Waals surface area contributed by atoms with E-state index in [0.29, 0.717) is 0 Å². The maximum Gasteiger partial charge on any atom is 0.339 e. The van der Waals surface area contributed by atoms with Crippen LogP contribution in [0, 0.1) is 0 Å². The second-order valence-electron chi connectivity index (χ2n) is 4.65. The summed E-state index contributed by atoms with van der Waals surface area (Å²) in [4.78, 5) is 45.8. The van der Waals surface area contributed by atoms with Crippen molar-refractivity contribution in [2.75, 3.05) is 7.11 Å². The summed E-state index contributed by atoms with van der Waals surface area (Å²) in [5.74, 6) is -2.95. The molecule has 0 N–H and O–H groups in total. The number of hydrogen-bond donors (Lipinski definition) is 0. The molecule has 1 fully saturated rings. The predicted octanol–water partition coefficient (Wildman–Crippen LogP) is 0.0743. The van der Waals surface area contributed by atoms with Crippen molar-refractivity contribution in [3.63, 3.8) is 0 Å². The Morgan fingerprint density at radius 2 is 1.26 bits per heavy atom. The number of carbonyl (C=O) groups excluding carboxylic acids is 4. The van der Waals surface area contributed by atoms with E-state index >= 15 is 0 Å². The van der Waals surface area contributed by atoms with Gasteiger partial charge in [-0.25, -0.2) is 4.79 Å². The van der Waals surface area contributed by atoms with Crippen molar-refractivity contribution in [2.45, 2.75) is 50.2 Å². The van der Waals surface area contributed by atoms with Crippen LogP contribution in [0.25, 0.3) is 0 Å². The summed E-state index contributed by atoms with van der Waals surface area (Å²) in [6.07, 6.45) is -5.06. The number of ether oxygens (including phenoxy) is 5. The fourth-order valence-electron chi connectivity index (χ4n) is 2.07. The van der Waals surface area contributed by atoms with E-state index in [1.165, 1.54) is 0 Å². The first kappa shape index (κ1) is 19.4. The molecule has 1 heterocycles. The van der Waals surface area contributed by atoms with Crippen molar-refractivity contribution in [1.82, 2.24) is 0 Å². The monoisotopic (exact) mass is 396 g/mol. The molecule has 130 valence electrons. The van der Waals surface area contributed by atoms with Crippen molar-refractivity contribution in [2.24, 2.45) is 0 Å². The molecule has 0 radical (unpaired) electrons. The smallest absolute Gasteiger partial charge is 0.339 e. The van der Waals surface area contributed by atoms with E-state index in [4.69, 9.17) is 18.9 Å². The molecule has 1 aliphatic rings. The highest BCUT2D eigenvalue weighted by molar-refractivity contribution is 9.09. The van der Waals surface area contributed by atoms with Gasteiger partial charge in [0.15, 0.2) is 29.4 Å². The van der Waals surface area contributed by atoms with Crippen LogP contribution in [0.1, 0.15) is 20.8 Å². The van der Waals surface area contributed by atoms with E-state index in [9.17, 15) is 19.2 Å². The summed E-state index contributed by atoms with van der Waals surface area (Å²) in [7, 11) is 1.12. The number of rotatable bonds is 4. The normalized spacial score (nSPS) is 30.0. The predicted molar refractivity (Wildman–Crippen MR) is 76.3 cm³/mol. The van der Waals surface area contributed by atoms with Gasteiger partial charge in [0.05, 0.1) is 7.11 Å². The number of halogens is 1. The molecule has 10 heteroatoms. The van der Waals surface area contributed by atoms with Crippen molar-refractivity contribution in [3.05, 3.63) is 0 Å². The second kappa shape index (κ2) is 8.25. The highest BCUT2D eigenvalue weighted by atomic mass is 79.9. The lowest BCUT2D eigenvalue weighted by Gasteiger charge is -2.41. The molecule has 0 saturated carbocycles. The Balaban J connectivity index is 3.21. The SMILES string of the molecule is COC(=O)C1O[C@H](Br)C(OC(C)=O)[C@@H](OC(C)=O)[C@@H]1OC(C)=O. The summed E-state index contributed by atoms with van der Waals surface area (Å²) in [6.45, 7) is 3.39. The van der Waals surface area contributed by atoms with Gasteiger partial charge >= 0.3 is 23.9 Å². The molecule has 0 aromatic heterocycles. The first-order valence-corrected chi connectivity index (χ1v) is 7.48. The fraction of sp³-hybridized carbons (Fsp3) is 0.692. The highest BCUT2D eigenvalue weighted by Crippen LogP contribution is 2.31. The Morgan fingerprint density at radius 3 is 1.70 bits per heavy atom. The molecule has 0 bridgehead atoms. The van der Waals surface area contributed by atoms with Crippen LogP contribution in [0.4, 0.5) is 0 Å². The van der Waals surface area contributed by atoms with Crippen LogP contribution in [0.3, 0.4) is 0 Å². The first-order valence-electron chi connectivity index (χ1n) is 6.56. The Kier molecular flexibility index (Phi) is 6.95. The van der Waals surface area contributed by atoms with Crippen LogP contribution in [0.2, 0.25) is 0 Å². The Morgan fingerprint density at radius 1 is 0.826 bits per heavy atom. The maximum absolute atomic E-state index is 11.9. The molecule has 0 aromatic rings. The Labute approximate surface area is 140 Å². The molecule has 1 rings (SSSR count). The standard InChI is InChI=1S/C13H17BrO9/c1-5(15)20-8-9(21-6(2)16)11(13(18)19-4)23-12(14)10(8)22-7(3)17/h8-12H,1-4H3/t8-,9-,10?,11?,12-/m0/s1. The minimum Gasteiger partial charge on any atom is -0.467 e. The van der Waals surface area contributed by atoms with E-state index in [1.807, 2.05) is 0 Å².